The van der Waals surface area contributed by atoms with Gasteiger partial charge in [-0.3, -0.25) is 4.79 Å². The summed E-state index contributed by atoms with van der Waals surface area (Å²) in [5.41, 5.74) is 3.14. The van der Waals surface area contributed by atoms with Crippen LogP contribution in [-0.4, -0.2) is 22.6 Å². The van der Waals surface area contributed by atoms with Crippen LogP contribution in [0.2, 0.25) is 0 Å². The Morgan fingerprint density at radius 1 is 1.23 bits per heavy atom. The van der Waals surface area contributed by atoms with Crippen LogP contribution in [0.5, 0.6) is 5.75 Å². The highest BCUT2D eigenvalue weighted by Crippen LogP contribution is 2.50. The molecule has 1 aromatic heterocycles. The molecule has 0 spiro atoms. The zero-order valence-electron chi connectivity index (χ0n) is 15.3. The third kappa shape index (κ3) is 2.83. The molecule has 0 radical (unpaired) electrons. The van der Waals surface area contributed by atoms with Crippen molar-refractivity contribution < 1.29 is 9.53 Å². The fraction of sp³-hybridized carbons (Fsp3) is 0.333. The van der Waals surface area contributed by atoms with Crippen LogP contribution in [0.25, 0.3) is 11.0 Å². The Balaban J connectivity index is 1.47. The summed E-state index contributed by atoms with van der Waals surface area (Å²) in [6.07, 6.45) is 0.863. The molecule has 4 rings (SSSR count). The number of rotatable bonds is 5. The molecule has 0 aliphatic heterocycles. The van der Waals surface area contributed by atoms with Crippen molar-refractivity contribution in [3.05, 3.63) is 59.9 Å². The fourth-order valence-corrected chi connectivity index (χ4v) is 3.74. The van der Waals surface area contributed by atoms with E-state index < -0.39 is 0 Å². The van der Waals surface area contributed by atoms with Crippen molar-refractivity contribution >= 4 is 16.9 Å². The predicted molar refractivity (Wildman–Crippen MR) is 101 cm³/mol. The molecule has 26 heavy (non-hydrogen) atoms. The molecule has 134 valence electrons. The monoisotopic (exact) mass is 349 g/mol. The molecule has 3 atom stereocenters. The van der Waals surface area contributed by atoms with Crippen LogP contribution in [0.1, 0.15) is 36.7 Å². The summed E-state index contributed by atoms with van der Waals surface area (Å²) in [6, 6.07) is 15.8. The lowest BCUT2D eigenvalue weighted by Gasteiger charge is -2.14. The number of carbonyl (C=O) groups is 1. The van der Waals surface area contributed by atoms with Crippen molar-refractivity contribution in [2.75, 3.05) is 7.11 Å². The number of nitrogens with one attached hydrogen (secondary N) is 1. The van der Waals surface area contributed by atoms with Gasteiger partial charge in [-0.25, -0.2) is 4.98 Å². The first-order valence-corrected chi connectivity index (χ1v) is 8.94. The van der Waals surface area contributed by atoms with E-state index in [9.17, 15) is 4.79 Å². The van der Waals surface area contributed by atoms with Gasteiger partial charge in [-0.1, -0.05) is 30.3 Å². The number of ether oxygens (including phenoxy) is 1. The highest BCUT2D eigenvalue weighted by Gasteiger charge is 2.45. The number of hydrogen-bond donors (Lipinski definition) is 1. The Morgan fingerprint density at radius 2 is 1.96 bits per heavy atom. The quantitative estimate of drug-likeness (QED) is 0.766. The maximum atomic E-state index is 12.7. The molecule has 5 nitrogen and oxygen atoms in total. The van der Waals surface area contributed by atoms with Gasteiger partial charge in [0, 0.05) is 13.0 Å². The molecule has 1 amide bonds. The van der Waals surface area contributed by atoms with Crippen molar-refractivity contribution in [2.45, 2.75) is 25.3 Å². The number of aryl methyl sites for hydroxylation is 1. The standard InChI is InChI=1S/C21H23N3O2/c1-13(20-23-17-9-5-6-10-18(17)24(20)2)22-21(25)16-12-15(16)14-8-4-7-11-19(14)26-3/h4-11,13,15-16H,12H2,1-3H3,(H,22,25)/t13-,15+,16-/m1/s1. The summed E-state index contributed by atoms with van der Waals surface area (Å²) in [5.74, 6) is 2.05. The summed E-state index contributed by atoms with van der Waals surface area (Å²) < 4.78 is 7.48. The van der Waals surface area contributed by atoms with E-state index in [4.69, 9.17) is 4.74 Å². The van der Waals surface area contributed by atoms with Gasteiger partial charge in [-0.05, 0) is 43.0 Å². The third-order valence-corrected chi connectivity index (χ3v) is 5.23. The van der Waals surface area contributed by atoms with E-state index in [0.29, 0.717) is 0 Å². The minimum absolute atomic E-state index is 0.00318. The molecule has 0 bridgehead atoms. The molecular weight excluding hydrogens is 326 g/mol. The second-order valence-electron chi connectivity index (χ2n) is 6.94. The Labute approximate surface area is 153 Å². The third-order valence-electron chi connectivity index (χ3n) is 5.23. The van der Waals surface area contributed by atoms with Crippen LogP contribution in [-0.2, 0) is 11.8 Å². The zero-order chi connectivity index (χ0) is 18.3. The SMILES string of the molecule is COc1ccccc1[C@@H]1C[C@H]1C(=O)N[C@H](C)c1nc2ccccc2n1C. The van der Waals surface area contributed by atoms with Crippen LogP contribution >= 0.6 is 0 Å². The number of aromatic nitrogens is 2. The summed E-state index contributed by atoms with van der Waals surface area (Å²) >= 11 is 0. The van der Waals surface area contributed by atoms with E-state index in [2.05, 4.69) is 10.3 Å². The number of hydrogen-bond acceptors (Lipinski definition) is 3. The van der Waals surface area contributed by atoms with E-state index in [0.717, 1.165) is 34.6 Å². The van der Waals surface area contributed by atoms with E-state index in [1.807, 2.05) is 67.1 Å². The van der Waals surface area contributed by atoms with Gasteiger partial charge in [0.1, 0.15) is 11.6 Å². The smallest absolute Gasteiger partial charge is 0.224 e. The molecule has 1 fully saturated rings. The Morgan fingerprint density at radius 3 is 2.73 bits per heavy atom. The molecule has 3 aromatic rings. The number of nitrogens with zero attached hydrogens (tertiary/aromatic N) is 2. The van der Waals surface area contributed by atoms with Crippen LogP contribution in [0.15, 0.2) is 48.5 Å². The minimum Gasteiger partial charge on any atom is -0.496 e. The van der Waals surface area contributed by atoms with Gasteiger partial charge in [-0.2, -0.15) is 0 Å². The van der Waals surface area contributed by atoms with Gasteiger partial charge in [0.2, 0.25) is 5.91 Å². The normalized spacial score (nSPS) is 20.0. The van der Waals surface area contributed by atoms with E-state index >= 15 is 0 Å². The number of methoxy groups -OCH3 is 1. The highest BCUT2D eigenvalue weighted by molar-refractivity contribution is 5.83. The van der Waals surface area contributed by atoms with Crippen molar-refractivity contribution in [3.8, 4) is 5.75 Å². The Hall–Kier alpha value is -2.82. The lowest BCUT2D eigenvalue weighted by Crippen LogP contribution is -2.30. The summed E-state index contributed by atoms with van der Waals surface area (Å²) in [4.78, 5) is 17.4. The zero-order valence-corrected chi connectivity index (χ0v) is 15.3. The molecule has 5 heteroatoms. The van der Waals surface area contributed by atoms with Crippen molar-refractivity contribution in [1.82, 2.24) is 14.9 Å². The van der Waals surface area contributed by atoms with Crippen LogP contribution in [0.3, 0.4) is 0 Å². The molecule has 1 aliphatic rings. The molecular formula is C21H23N3O2. The minimum atomic E-state index is -0.140. The highest BCUT2D eigenvalue weighted by atomic mass is 16.5. The van der Waals surface area contributed by atoms with Gasteiger partial charge in [-0.15, -0.1) is 0 Å². The number of benzene rings is 2. The molecule has 2 aromatic carbocycles. The largest absolute Gasteiger partial charge is 0.496 e. The number of para-hydroxylation sites is 3. The van der Waals surface area contributed by atoms with Gasteiger partial charge in [0.05, 0.1) is 24.2 Å². The Bertz CT molecular complexity index is 963. The van der Waals surface area contributed by atoms with E-state index in [-0.39, 0.29) is 23.8 Å². The number of carbonyl (C=O) groups excluding carboxylic acids is 1. The van der Waals surface area contributed by atoms with Crippen LogP contribution in [0.4, 0.5) is 0 Å². The first-order valence-electron chi connectivity index (χ1n) is 8.94. The average Bonchev–Trinajstić information content (AvgIpc) is 3.39. The van der Waals surface area contributed by atoms with Gasteiger partial charge in [0.25, 0.3) is 0 Å². The van der Waals surface area contributed by atoms with Crippen LogP contribution in [0, 0.1) is 5.92 Å². The lowest BCUT2D eigenvalue weighted by atomic mass is 10.1. The van der Waals surface area contributed by atoms with Gasteiger partial charge in [0.15, 0.2) is 0 Å². The molecule has 0 saturated heterocycles. The van der Waals surface area contributed by atoms with Crippen molar-refractivity contribution in [2.24, 2.45) is 13.0 Å². The maximum absolute atomic E-state index is 12.7. The Kier molecular flexibility index (Phi) is 4.15. The molecule has 1 aliphatic carbocycles. The average molecular weight is 349 g/mol. The topological polar surface area (TPSA) is 56.1 Å². The first kappa shape index (κ1) is 16.6. The first-order chi connectivity index (χ1) is 12.6. The summed E-state index contributed by atoms with van der Waals surface area (Å²) in [7, 11) is 3.66. The number of fused-ring (bicyclic) bond motifs is 1. The van der Waals surface area contributed by atoms with E-state index in [1.54, 1.807) is 7.11 Å². The summed E-state index contributed by atoms with van der Waals surface area (Å²) in [6.45, 7) is 1.99. The molecule has 0 unspecified atom stereocenters. The number of imidazole rings is 1. The lowest BCUT2D eigenvalue weighted by molar-refractivity contribution is -0.123. The molecule has 1 N–H and O–H groups in total. The predicted octanol–water partition coefficient (Wildman–Crippen LogP) is 3.56. The summed E-state index contributed by atoms with van der Waals surface area (Å²) in [5, 5.41) is 3.13. The second-order valence-corrected chi connectivity index (χ2v) is 6.94. The van der Waals surface area contributed by atoms with Crippen molar-refractivity contribution in [3.63, 3.8) is 0 Å². The van der Waals surface area contributed by atoms with Crippen molar-refractivity contribution in [1.29, 1.82) is 0 Å². The van der Waals surface area contributed by atoms with E-state index in [1.165, 1.54) is 0 Å². The van der Waals surface area contributed by atoms with Gasteiger partial charge < -0.3 is 14.6 Å². The molecule has 1 heterocycles. The second kappa shape index (κ2) is 6.48. The van der Waals surface area contributed by atoms with Crippen LogP contribution < -0.4 is 10.1 Å². The fourth-order valence-electron chi connectivity index (χ4n) is 3.74. The number of amides is 1. The molecule has 1 saturated carbocycles. The van der Waals surface area contributed by atoms with Gasteiger partial charge >= 0.3 is 0 Å². The maximum Gasteiger partial charge on any atom is 0.224 e.